The summed E-state index contributed by atoms with van der Waals surface area (Å²) >= 11 is 6.24. The lowest BCUT2D eigenvalue weighted by Crippen LogP contribution is -2.54. The van der Waals surface area contributed by atoms with Crippen LogP contribution in [0.2, 0.25) is 5.02 Å². The van der Waals surface area contributed by atoms with E-state index in [1.54, 1.807) is 0 Å². The summed E-state index contributed by atoms with van der Waals surface area (Å²) < 4.78 is 6.00. The molecule has 198 valence electrons. The lowest BCUT2D eigenvalue weighted by molar-refractivity contribution is -0.157. The minimum atomic E-state index is -0.819. The van der Waals surface area contributed by atoms with E-state index < -0.39 is 17.2 Å². The Hall–Kier alpha value is -3.86. The third-order valence-electron chi connectivity index (χ3n) is 6.86. The summed E-state index contributed by atoms with van der Waals surface area (Å²) in [5.41, 5.74) is 3.57. The van der Waals surface area contributed by atoms with E-state index in [1.807, 2.05) is 99.8 Å². The minimum absolute atomic E-state index is 0.307. The first-order valence-electron chi connectivity index (χ1n) is 13.2. The lowest BCUT2D eigenvalue weighted by atomic mass is 9.76. The summed E-state index contributed by atoms with van der Waals surface area (Å²) in [6.07, 6.45) is 2.38. The molecule has 39 heavy (non-hydrogen) atoms. The third-order valence-corrected chi connectivity index (χ3v) is 7.09. The van der Waals surface area contributed by atoms with Gasteiger partial charge in [-0.05, 0) is 55.2 Å². The third kappa shape index (κ3) is 5.78. The number of H-pyrrole nitrogens is 1. The minimum Gasteiger partial charge on any atom is -0.459 e. The molecule has 0 saturated carbocycles. The van der Waals surface area contributed by atoms with Crippen molar-refractivity contribution < 1.29 is 9.53 Å². The van der Waals surface area contributed by atoms with Gasteiger partial charge < -0.3 is 9.72 Å². The molecule has 5 rings (SSSR count). The molecule has 4 aromatic carbocycles. The molecule has 1 heterocycles. The molecule has 4 nitrogen and oxygen atoms in total. The molecule has 0 aliphatic rings. The van der Waals surface area contributed by atoms with E-state index in [1.165, 1.54) is 0 Å². The Bertz CT molecular complexity index is 1440. The Kier molecular flexibility index (Phi) is 7.60. The predicted octanol–water partition coefficient (Wildman–Crippen LogP) is 7.66. The fraction of sp³-hybridized carbons (Fsp3) is 0.206. The highest BCUT2D eigenvalue weighted by molar-refractivity contribution is 6.31. The van der Waals surface area contributed by atoms with Crippen LogP contribution in [-0.4, -0.2) is 22.6 Å². The number of hydrogen-bond acceptors (Lipinski definition) is 3. The quantitative estimate of drug-likeness (QED) is 0.158. The summed E-state index contributed by atoms with van der Waals surface area (Å²) in [6, 6.07) is 35.9. The van der Waals surface area contributed by atoms with E-state index >= 15 is 0 Å². The number of rotatable bonds is 8. The van der Waals surface area contributed by atoms with E-state index in [-0.39, 0.29) is 5.97 Å². The Balaban J connectivity index is 1.69. The van der Waals surface area contributed by atoms with Gasteiger partial charge in [-0.3, -0.25) is 10.1 Å². The largest absolute Gasteiger partial charge is 0.459 e. The highest BCUT2D eigenvalue weighted by Crippen LogP contribution is 2.38. The van der Waals surface area contributed by atoms with Crippen molar-refractivity contribution in [2.75, 3.05) is 0 Å². The standard InChI is InChI=1S/C34H33ClN2O2/c1-33(2,3)39-32(38)31(21-24-23-36-30-22-28(35)19-20-29(24)30)37-34(25-13-7-4-8-14-25,26-15-9-5-10-16-26)27-17-11-6-12-18-27/h4-20,22-23,31,36-37H,21H2,1-3H3/t31-/m0/s1. The molecular formula is C34H33ClN2O2. The smallest absolute Gasteiger partial charge is 0.324 e. The molecule has 1 atom stereocenters. The SMILES string of the molecule is CC(C)(C)OC(=O)[C@H](Cc1c[nH]c2cc(Cl)ccc12)NC(c1ccccc1)(c1ccccc1)c1ccccc1. The first-order chi connectivity index (χ1) is 18.8. The number of aromatic amines is 1. The Morgan fingerprint density at radius 1 is 0.821 bits per heavy atom. The zero-order chi connectivity index (χ0) is 27.5. The van der Waals surface area contributed by atoms with Gasteiger partial charge in [-0.2, -0.15) is 0 Å². The van der Waals surface area contributed by atoms with Crippen molar-refractivity contribution in [2.24, 2.45) is 0 Å². The first kappa shape index (κ1) is 26.7. The van der Waals surface area contributed by atoms with Crippen LogP contribution in [0.4, 0.5) is 0 Å². The number of carbonyl (C=O) groups is 1. The number of esters is 1. The van der Waals surface area contributed by atoms with Crippen LogP contribution < -0.4 is 5.32 Å². The van der Waals surface area contributed by atoms with Gasteiger partial charge in [0.1, 0.15) is 11.6 Å². The molecule has 1 aromatic heterocycles. The second kappa shape index (κ2) is 11.1. The van der Waals surface area contributed by atoms with E-state index in [0.717, 1.165) is 33.2 Å². The van der Waals surface area contributed by atoms with Gasteiger partial charge in [0, 0.05) is 28.5 Å². The van der Waals surface area contributed by atoms with Crippen LogP contribution >= 0.6 is 11.6 Å². The molecule has 5 aromatic rings. The van der Waals surface area contributed by atoms with E-state index in [4.69, 9.17) is 16.3 Å². The van der Waals surface area contributed by atoms with Crippen LogP contribution in [0.25, 0.3) is 10.9 Å². The topological polar surface area (TPSA) is 54.1 Å². The Labute approximate surface area is 235 Å². The molecule has 0 bridgehead atoms. The summed E-state index contributed by atoms with van der Waals surface area (Å²) in [4.78, 5) is 17.2. The van der Waals surface area contributed by atoms with Crippen molar-refractivity contribution >= 4 is 28.5 Å². The van der Waals surface area contributed by atoms with Crippen molar-refractivity contribution in [2.45, 2.75) is 44.4 Å². The number of carbonyl (C=O) groups excluding carboxylic acids is 1. The average molecular weight is 537 g/mol. The average Bonchev–Trinajstić information content (AvgIpc) is 3.33. The van der Waals surface area contributed by atoms with Gasteiger partial charge in [0.2, 0.25) is 0 Å². The fourth-order valence-corrected chi connectivity index (χ4v) is 5.36. The Morgan fingerprint density at radius 3 is 1.82 bits per heavy atom. The van der Waals surface area contributed by atoms with Crippen molar-refractivity contribution in [1.29, 1.82) is 0 Å². The zero-order valence-corrected chi connectivity index (χ0v) is 23.2. The van der Waals surface area contributed by atoms with Crippen LogP contribution in [0, 0.1) is 0 Å². The molecule has 2 N–H and O–H groups in total. The molecule has 0 aliphatic carbocycles. The zero-order valence-electron chi connectivity index (χ0n) is 22.4. The van der Waals surface area contributed by atoms with E-state index in [0.29, 0.717) is 11.4 Å². The molecule has 0 unspecified atom stereocenters. The predicted molar refractivity (Wildman–Crippen MR) is 159 cm³/mol. The van der Waals surface area contributed by atoms with E-state index in [9.17, 15) is 4.79 Å². The normalized spacial score (nSPS) is 12.8. The summed E-state index contributed by atoms with van der Waals surface area (Å²) in [5, 5.41) is 5.53. The summed E-state index contributed by atoms with van der Waals surface area (Å²) in [6.45, 7) is 5.69. The van der Waals surface area contributed by atoms with Crippen LogP contribution in [0.3, 0.4) is 0 Å². The van der Waals surface area contributed by atoms with Crippen LogP contribution in [0.5, 0.6) is 0 Å². The van der Waals surface area contributed by atoms with Crippen LogP contribution in [0.15, 0.2) is 115 Å². The number of hydrogen-bond donors (Lipinski definition) is 2. The Morgan fingerprint density at radius 2 is 1.33 bits per heavy atom. The summed E-state index contributed by atoms with van der Waals surface area (Å²) in [5.74, 6) is -0.307. The van der Waals surface area contributed by atoms with Gasteiger partial charge in [-0.15, -0.1) is 0 Å². The molecule has 0 amide bonds. The van der Waals surface area contributed by atoms with Gasteiger partial charge in [0.15, 0.2) is 0 Å². The number of nitrogens with one attached hydrogen (secondary N) is 2. The van der Waals surface area contributed by atoms with Crippen molar-refractivity contribution in [1.82, 2.24) is 10.3 Å². The van der Waals surface area contributed by atoms with Crippen molar-refractivity contribution in [3.63, 3.8) is 0 Å². The number of benzene rings is 4. The maximum Gasteiger partial charge on any atom is 0.324 e. The maximum atomic E-state index is 13.9. The summed E-state index contributed by atoms with van der Waals surface area (Å²) in [7, 11) is 0. The molecule has 0 radical (unpaired) electrons. The van der Waals surface area contributed by atoms with Gasteiger partial charge >= 0.3 is 5.97 Å². The number of halogens is 1. The molecular weight excluding hydrogens is 504 g/mol. The molecule has 0 fully saturated rings. The molecule has 5 heteroatoms. The van der Waals surface area contributed by atoms with Crippen LogP contribution in [0.1, 0.15) is 43.0 Å². The second-order valence-corrected chi connectivity index (χ2v) is 11.2. The highest BCUT2D eigenvalue weighted by Gasteiger charge is 2.41. The van der Waals surface area contributed by atoms with Crippen molar-refractivity contribution in [3.8, 4) is 0 Å². The van der Waals surface area contributed by atoms with Gasteiger partial charge in [-0.1, -0.05) is 109 Å². The van der Waals surface area contributed by atoms with Gasteiger partial charge in [-0.25, -0.2) is 0 Å². The van der Waals surface area contributed by atoms with Crippen LogP contribution in [-0.2, 0) is 21.5 Å². The van der Waals surface area contributed by atoms with Gasteiger partial charge in [0.05, 0.1) is 5.54 Å². The molecule has 0 spiro atoms. The number of fused-ring (bicyclic) bond motifs is 1. The lowest BCUT2D eigenvalue weighted by Gasteiger charge is -2.40. The number of ether oxygens (including phenoxy) is 1. The molecule has 0 aliphatic heterocycles. The fourth-order valence-electron chi connectivity index (χ4n) is 5.19. The maximum absolute atomic E-state index is 13.9. The number of aromatic nitrogens is 1. The second-order valence-electron chi connectivity index (χ2n) is 10.8. The first-order valence-corrected chi connectivity index (χ1v) is 13.6. The van der Waals surface area contributed by atoms with Crippen molar-refractivity contribution in [3.05, 3.63) is 143 Å². The monoisotopic (exact) mass is 536 g/mol. The highest BCUT2D eigenvalue weighted by atomic mass is 35.5. The van der Waals surface area contributed by atoms with Gasteiger partial charge in [0.25, 0.3) is 0 Å². The molecule has 0 saturated heterocycles. The van der Waals surface area contributed by atoms with E-state index in [2.05, 4.69) is 46.7 Å².